The van der Waals surface area contributed by atoms with E-state index in [4.69, 9.17) is 5.73 Å². The number of amides is 2. The van der Waals surface area contributed by atoms with Crippen LogP contribution >= 0.6 is 0 Å². The predicted octanol–water partition coefficient (Wildman–Crippen LogP) is 1.62. The van der Waals surface area contributed by atoms with Gasteiger partial charge in [0.1, 0.15) is 6.04 Å². The Labute approximate surface area is 126 Å². The van der Waals surface area contributed by atoms with Gasteiger partial charge in [-0.3, -0.25) is 9.59 Å². The molecule has 4 N–H and O–H groups in total. The van der Waals surface area contributed by atoms with Crippen LogP contribution in [0.1, 0.15) is 39.2 Å². The van der Waals surface area contributed by atoms with Gasteiger partial charge in [0, 0.05) is 18.2 Å². The molecule has 0 aliphatic carbocycles. The molecule has 0 heterocycles. The van der Waals surface area contributed by atoms with Gasteiger partial charge in [-0.1, -0.05) is 25.1 Å². The number of carbonyl (C=O) groups is 2. The van der Waals surface area contributed by atoms with Gasteiger partial charge in [0.25, 0.3) is 0 Å². The highest BCUT2D eigenvalue weighted by Gasteiger charge is 2.16. The third kappa shape index (κ3) is 5.85. The molecule has 2 amide bonds. The third-order valence-electron chi connectivity index (χ3n) is 3.45. The zero-order chi connectivity index (χ0) is 15.8. The van der Waals surface area contributed by atoms with E-state index < -0.39 is 6.04 Å². The van der Waals surface area contributed by atoms with Gasteiger partial charge in [-0.05, 0) is 38.3 Å². The lowest BCUT2D eigenvalue weighted by molar-refractivity contribution is -0.128. The van der Waals surface area contributed by atoms with E-state index in [2.05, 4.69) is 10.6 Å². The molecule has 5 nitrogen and oxygen atoms in total. The molecule has 0 saturated heterocycles. The molecule has 0 aliphatic heterocycles. The molecule has 21 heavy (non-hydrogen) atoms. The van der Waals surface area contributed by atoms with Crippen LogP contribution in [0, 0.1) is 0 Å². The number of anilines is 1. The number of carbonyl (C=O) groups excluding carboxylic acids is 2. The molecule has 2 atom stereocenters. The second-order valence-corrected chi connectivity index (χ2v) is 5.31. The normalized spacial score (nSPS) is 13.3. The zero-order valence-electron chi connectivity index (χ0n) is 13.0. The first kappa shape index (κ1) is 17.0. The molecular weight excluding hydrogens is 266 g/mol. The fraction of sp³-hybridized carbons (Fsp3) is 0.500. The Hall–Kier alpha value is -2.04. The number of para-hydroxylation sites is 1. The van der Waals surface area contributed by atoms with Crippen LogP contribution in [0.4, 0.5) is 5.69 Å². The Bertz CT molecular complexity index is 488. The van der Waals surface area contributed by atoms with Crippen LogP contribution in [0.25, 0.3) is 0 Å². The van der Waals surface area contributed by atoms with Crippen LogP contribution in [-0.2, 0) is 16.0 Å². The molecule has 116 valence electrons. The number of hydrogen-bond donors (Lipinski definition) is 3. The first-order valence-corrected chi connectivity index (χ1v) is 7.37. The first-order chi connectivity index (χ1) is 9.93. The zero-order valence-corrected chi connectivity index (χ0v) is 13.0. The van der Waals surface area contributed by atoms with Gasteiger partial charge in [-0.15, -0.1) is 0 Å². The van der Waals surface area contributed by atoms with E-state index >= 15 is 0 Å². The summed E-state index contributed by atoms with van der Waals surface area (Å²) < 4.78 is 0. The van der Waals surface area contributed by atoms with Gasteiger partial charge >= 0.3 is 0 Å². The van der Waals surface area contributed by atoms with E-state index in [1.165, 1.54) is 0 Å². The van der Waals surface area contributed by atoms with Crippen LogP contribution < -0.4 is 16.4 Å². The van der Waals surface area contributed by atoms with Crippen molar-refractivity contribution in [3.63, 3.8) is 0 Å². The Morgan fingerprint density at radius 3 is 2.48 bits per heavy atom. The fourth-order valence-corrected chi connectivity index (χ4v) is 1.86. The van der Waals surface area contributed by atoms with E-state index in [1.54, 1.807) is 6.92 Å². The molecule has 1 aromatic rings. The maximum Gasteiger partial charge on any atom is 0.242 e. The second-order valence-electron chi connectivity index (χ2n) is 5.31. The van der Waals surface area contributed by atoms with Gasteiger partial charge in [-0.2, -0.15) is 0 Å². The Morgan fingerprint density at radius 2 is 1.86 bits per heavy atom. The summed E-state index contributed by atoms with van der Waals surface area (Å²) in [5, 5.41) is 5.55. The largest absolute Gasteiger partial charge is 0.399 e. The van der Waals surface area contributed by atoms with Gasteiger partial charge in [0.15, 0.2) is 0 Å². The Balaban J connectivity index is 2.40. The molecule has 0 bridgehead atoms. The molecule has 1 rings (SSSR count). The lowest BCUT2D eigenvalue weighted by Gasteiger charge is -2.17. The summed E-state index contributed by atoms with van der Waals surface area (Å²) in [6, 6.07) is 7.06. The summed E-state index contributed by atoms with van der Waals surface area (Å²) in [6.07, 6.45) is 1.74. The summed E-state index contributed by atoms with van der Waals surface area (Å²) in [5.41, 5.74) is 7.47. The van der Waals surface area contributed by atoms with Crippen LogP contribution in [0.2, 0.25) is 0 Å². The number of benzene rings is 1. The van der Waals surface area contributed by atoms with E-state index in [9.17, 15) is 9.59 Å². The molecule has 0 aliphatic rings. The topological polar surface area (TPSA) is 84.2 Å². The summed E-state index contributed by atoms with van der Waals surface area (Å²) in [5.74, 6) is -0.304. The van der Waals surface area contributed by atoms with E-state index in [0.717, 1.165) is 12.0 Å². The van der Waals surface area contributed by atoms with Gasteiger partial charge in [0.05, 0.1) is 0 Å². The molecule has 0 radical (unpaired) electrons. The fourth-order valence-electron chi connectivity index (χ4n) is 1.86. The van der Waals surface area contributed by atoms with Crippen molar-refractivity contribution in [3.8, 4) is 0 Å². The lowest BCUT2D eigenvalue weighted by atomic mass is 10.1. The monoisotopic (exact) mass is 291 g/mol. The summed E-state index contributed by atoms with van der Waals surface area (Å²) in [6.45, 7) is 5.62. The highest BCUT2D eigenvalue weighted by molar-refractivity contribution is 5.87. The summed E-state index contributed by atoms with van der Waals surface area (Å²) in [4.78, 5) is 23.7. The maximum absolute atomic E-state index is 11.9. The van der Waals surface area contributed by atoms with Crippen molar-refractivity contribution < 1.29 is 9.59 Å². The van der Waals surface area contributed by atoms with Gasteiger partial charge in [-0.25, -0.2) is 0 Å². The lowest BCUT2D eigenvalue weighted by Crippen LogP contribution is -2.47. The van der Waals surface area contributed by atoms with Crippen molar-refractivity contribution in [2.75, 3.05) is 5.73 Å². The molecular formula is C16H25N3O2. The number of aryl methyl sites for hydroxylation is 1. The minimum absolute atomic E-state index is 0.112. The van der Waals surface area contributed by atoms with Crippen molar-refractivity contribution in [1.82, 2.24) is 10.6 Å². The molecule has 0 spiro atoms. The molecule has 0 saturated carbocycles. The van der Waals surface area contributed by atoms with Crippen molar-refractivity contribution in [3.05, 3.63) is 29.8 Å². The standard InChI is InChI=1S/C16H25N3O2/c1-4-11(2)18-16(21)12(3)19-15(20)10-9-13-7-5-6-8-14(13)17/h5-8,11-12H,4,9-10,17H2,1-3H3,(H,18,21)(H,19,20). The Morgan fingerprint density at radius 1 is 1.19 bits per heavy atom. The van der Waals surface area contributed by atoms with Crippen molar-refractivity contribution in [1.29, 1.82) is 0 Å². The van der Waals surface area contributed by atoms with Crippen LogP contribution in [0.15, 0.2) is 24.3 Å². The predicted molar refractivity (Wildman–Crippen MR) is 84.7 cm³/mol. The van der Waals surface area contributed by atoms with Crippen molar-refractivity contribution in [2.24, 2.45) is 0 Å². The van der Waals surface area contributed by atoms with Gasteiger partial charge < -0.3 is 16.4 Å². The average Bonchev–Trinajstić information content (AvgIpc) is 2.46. The second kappa shape index (κ2) is 8.29. The van der Waals surface area contributed by atoms with Crippen LogP contribution in [-0.4, -0.2) is 23.9 Å². The number of nitrogens with one attached hydrogen (secondary N) is 2. The number of rotatable bonds is 7. The van der Waals surface area contributed by atoms with E-state index in [-0.39, 0.29) is 17.9 Å². The third-order valence-corrected chi connectivity index (χ3v) is 3.45. The molecule has 5 heteroatoms. The maximum atomic E-state index is 11.9. The van der Waals surface area contributed by atoms with Crippen molar-refractivity contribution in [2.45, 2.75) is 52.1 Å². The van der Waals surface area contributed by atoms with E-state index in [0.29, 0.717) is 18.5 Å². The molecule has 0 aromatic heterocycles. The highest BCUT2D eigenvalue weighted by atomic mass is 16.2. The summed E-state index contributed by atoms with van der Waals surface area (Å²) in [7, 11) is 0. The van der Waals surface area contributed by atoms with Crippen LogP contribution in [0.3, 0.4) is 0 Å². The highest BCUT2D eigenvalue weighted by Crippen LogP contribution is 2.12. The molecule has 2 unspecified atom stereocenters. The summed E-state index contributed by atoms with van der Waals surface area (Å²) >= 11 is 0. The SMILES string of the molecule is CCC(C)NC(=O)C(C)NC(=O)CCc1ccccc1N. The number of nitrogens with two attached hydrogens (primary N) is 1. The smallest absolute Gasteiger partial charge is 0.242 e. The molecule has 0 fully saturated rings. The molecule has 1 aromatic carbocycles. The first-order valence-electron chi connectivity index (χ1n) is 7.37. The number of nitrogen functional groups attached to an aromatic ring is 1. The van der Waals surface area contributed by atoms with Crippen molar-refractivity contribution >= 4 is 17.5 Å². The quantitative estimate of drug-likeness (QED) is 0.667. The number of hydrogen-bond acceptors (Lipinski definition) is 3. The van der Waals surface area contributed by atoms with E-state index in [1.807, 2.05) is 38.1 Å². The minimum Gasteiger partial charge on any atom is -0.399 e. The van der Waals surface area contributed by atoms with Gasteiger partial charge in [0.2, 0.25) is 11.8 Å². The average molecular weight is 291 g/mol. The van der Waals surface area contributed by atoms with Crippen LogP contribution in [0.5, 0.6) is 0 Å². The Kier molecular flexibility index (Phi) is 6.72. The minimum atomic E-state index is -0.528.